The lowest BCUT2D eigenvalue weighted by Crippen LogP contribution is -2.13. The average molecular weight is 340 g/mol. The van der Waals surface area contributed by atoms with E-state index >= 15 is 0 Å². The molecule has 24 heavy (non-hydrogen) atoms. The number of benzene rings is 1. The molecule has 1 amide bonds. The van der Waals surface area contributed by atoms with Gasteiger partial charge < -0.3 is 14.2 Å². The van der Waals surface area contributed by atoms with Crippen LogP contribution in [0.15, 0.2) is 56.7 Å². The Morgan fingerprint density at radius 1 is 1.25 bits per heavy atom. The van der Waals surface area contributed by atoms with E-state index in [0.717, 1.165) is 17.3 Å². The molecule has 8 heteroatoms. The number of thioether (sulfide) groups is 1. The molecule has 0 aliphatic heterocycles. The number of nitriles is 1. The maximum atomic E-state index is 11.9. The molecule has 0 atom stereocenters. The number of amides is 1. The summed E-state index contributed by atoms with van der Waals surface area (Å²) < 4.78 is 10.6. The van der Waals surface area contributed by atoms with Crippen LogP contribution in [0.3, 0.4) is 0 Å². The molecular formula is C16H12N4O3S. The van der Waals surface area contributed by atoms with Crippen LogP contribution in [0.4, 0.5) is 5.69 Å². The Balaban J connectivity index is 1.51. The van der Waals surface area contributed by atoms with Gasteiger partial charge in [-0.25, -0.2) is 0 Å². The van der Waals surface area contributed by atoms with Gasteiger partial charge in [-0.2, -0.15) is 5.26 Å². The fourth-order valence-corrected chi connectivity index (χ4v) is 2.45. The van der Waals surface area contributed by atoms with Gasteiger partial charge in [0, 0.05) is 5.69 Å². The van der Waals surface area contributed by atoms with Crippen molar-refractivity contribution in [2.45, 2.75) is 11.6 Å². The van der Waals surface area contributed by atoms with E-state index in [1.165, 1.54) is 6.26 Å². The first kappa shape index (κ1) is 15.8. The van der Waals surface area contributed by atoms with Gasteiger partial charge in [-0.05, 0) is 29.8 Å². The SMILES string of the molecule is N#CCc1ccc(NC(=O)CSc2nnc(-c3ccco3)o2)cc1. The minimum absolute atomic E-state index is 0.139. The quantitative estimate of drug-likeness (QED) is 0.687. The van der Waals surface area contributed by atoms with E-state index in [4.69, 9.17) is 14.1 Å². The Morgan fingerprint density at radius 3 is 2.79 bits per heavy atom. The van der Waals surface area contributed by atoms with Crippen LogP contribution >= 0.6 is 11.8 Å². The Labute approximate surface area is 141 Å². The van der Waals surface area contributed by atoms with E-state index in [1.54, 1.807) is 36.4 Å². The van der Waals surface area contributed by atoms with Crippen molar-refractivity contribution < 1.29 is 13.6 Å². The van der Waals surface area contributed by atoms with Gasteiger partial charge in [-0.3, -0.25) is 4.79 Å². The van der Waals surface area contributed by atoms with Crippen molar-refractivity contribution in [2.75, 3.05) is 11.1 Å². The molecule has 0 saturated heterocycles. The number of furan rings is 1. The molecule has 0 spiro atoms. The largest absolute Gasteiger partial charge is 0.459 e. The zero-order chi connectivity index (χ0) is 16.8. The number of hydrogen-bond acceptors (Lipinski definition) is 7. The summed E-state index contributed by atoms with van der Waals surface area (Å²) in [7, 11) is 0. The third-order valence-electron chi connectivity index (χ3n) is 2.99. The Hall–Kier alpha value is -3.05. The Morgan fingerprint density at radius 2 is 2.08 bits per heavy atom. The van der Waals surface area contributed by atoms with Crippen molar-refractivity contribution in [1.29, 1.82) is 5.26 Å². The van der Waals surface area contributed by atoms with Gasteiger partial charge in [0.15, 0.2) is 5.76 Å². The molecular weight excluding hydrogens is 328 g/mol. The molecule has 1 aromatic carbocycles. The second-order valence-corrected chi connectivity index (χ2v) is 5.65. The van der Waals surface area contributed by atoms with Crippen molar-refractivity contribution in [3.8, 4) is 17.7 Å². The molecule has 1 N–H and O–H groups in total. The molecule has 0 unspecified atom stereocenters. The normalized spacial score (nSPS) is 10.3. The third-order valence-corrected chi connectivity index (χ3v) is 3.80. The first-order chi connectivity index (χ1) is 11.7. The molecule has 0 fully saturated rings. The van der Waals surface area contributed by atoms with E-state index in [9.17, 15) is 4.79 Å². The van der Waals surface area contributed by atoms with Gasteiger partial charge in [-0.1, -0.05) is 23.9 Å². The zero-order valence-corrected chi connectivity index (χ0v) is 13.2. The third kappa shape index (κ3) is 4.02. The van der Waals surface area contributed by atoms with Gasteiger partial charge in [0.25, 0.3) is 11.1 Å². The van der Waals surface area contributed by atoms with Gasteiger partial charge in [-0.15, -0.1) is 10.2 Å². The maximum absolute atomic E-state index is 11.9. The van der Waals surface area contributed by atoms with Crippen molar-refractivity contribution >= 4 is 23.4 Å². The second-order valence-electron chi connectivity index (χ2n) is 4.72. The van der Waals surface area contributed by atoms with Crippen molar-refractivity contribution in [3.05, 3.63) is 48.2 Å². The molecule has 7 nitrogen and oxygen atoms in total. The minimum atomic E-state index is -0.189. The van der Waals surface area contributed by atoms with Crippen LogP contribution in [0.1, 0.15) is 5.56 Å². The molecule has 2 aromatic heterocycles. The summed E-state index contributed by atoms with van der Waals surface area (Å²) in [6.07, 6.45) is 1.86. The molecule has 3 aromatic rings. The average Bonchev–Trinajstić information content (AvgIpc) is 3.26. The highest BCUT2D eigenvalue weighted by molar-refractivity contribution is 7.99. The first-order valence-corrected chi connectivity index (χ1v) is 7.99. The van der Waals surface area contributed by atoms with Gasteiger partial charge in [0.05, 0.1) is 24.5 Å². The van der Waals surface area contributed by atoms with Crippen molar-refractivity contribution in [3.63, 3.8) is 0 Å². The van der Waals surface area contributed by atoms with E-state index in [1.807, 2.05) is 0 Å². The highest BCUT2D eigenvalue weighted by atomic mass is 32.2. The molecule has 3 rings (SSSR count). The van der Waals surface area contributed by atoms with Crippen LogP contribution in [0.2, 0.25) is 0 Å². The van der Waals surface area contributed by atoms with Gasteiger partial charge in [0.2, 0.25) is 5.91 Å². The smallest absolute Gasteiger partial charge is 0.284 e. The fraction of sp³-hybridized carbons (Fsp3) is 0.125. The number of nitrogens with zero attached hydrogens (tertiary/aromatic N) is 3. The summed E-state index contributed by atoms with van der Waals surface area (Å²) >= 11 is 1.14. The molecule has 0 aliphatic rings. The summed E-state index contributed by atoms with van der Waals surface area (Å²) in [4.78, 5) is 11.9. The number of carbonyl (C=O) groups is 1. The van der Waals surface area contributed by atoms with E-state index in [-0.39, 0.29) is 17.6 Å². The van der Waals surface area contributed by atoms with Crippen LogP contribution in [-0.4, -0.2) is 21.9 Å². The number of hydrogen-bond donors (Lipinski definition) is 1. The number of carbonyl (C=O) groups excluding carboxylic acids is 1. The van der Waals surface area contributed by atoms with E-state index in [0.29, 0.717) is 23.1 Å². The zero-order valence-electron chi connectivity index (χ0n) is 12.4. The van der Waals surface area contributed by atoms with Crippen LogP contribution in [-0.2, 0) is 11.2 Å². The highest BCUT2D eigenvalue weighted by Gasteiger charge is 2.12. The highest BCUT2D eigenvalue weighted by Crippen LogP contribution is 2.23. The standard InChI is InChI=1S/C16H12N4O3S/c17-8-7-11-3-5-12(6-4-11)18-14(21)10-24-16-20-19-15(23-16)13-2-1-9-22-13/h1-6,9H,7,10H2,(H,18,21). The number of anilines is 1. The lowest BCUT2D eigenvalue weighted by molar-refractivity contribution is -0.113. The fourth-order valence-electron chi connectivity index (χ4n) is 1.89. The summed E-state index contributed by atoms with van der Waals surface area (Å²) in [5.74, 6) is 0.706. The van der Waals surface area contributed by atoms with E-state index in [2.05, 4.69) is 21.6 Å². The van der Waals surface area contributed by atoms with Crippen LogP contribution in [0, 0.1) is 11.3 Å². The van der Waals surface area contributed by atoms with E-state index < -0.39 is 0 Å². The lowest BCUT2D eigenvalue weighted by Gasteiger charge is -2.04. The predicted octanol–water partition coefficient (Wildman–Crippen LogP) is 3.13. The molecule has 2 heterocycles. The molecule has 0 aliphatic carbocycles. The molecule has 0 bridgehead atoms. The summed E-state index contributed by atoms with van der Waals surface area (Å²) in [6.45, 7) is 0. The second kappa shape index (κ2) is 7.48. The van der Waals surface area contributed by atoms with Crippen LogP contribution in [0.5, 0.6) is 0 Å². The van der Waals surface area contributed by atoms with Crippen molar-refractivity contribution in [1.82, 2.24) is 10.2 Å². The topological polar surface area (TPSA) is 105 Å². The van der Waals surface area contributed by atoms with Gasteiger partial charge >= 0.3 is 0 Å². The lowest BCUT2D eigenvalue weighted by atomic mass is 10.1. The number of nitrogens with one attached hydrogen (secondary N) is 1. The molecule has 120 valence electrons. The van der Waals surface area contributed by atoms with Gasteiger partial charge in [0.1, 0.15) is 0 Å². The Kier molecular flexibility index (Phi) is 4.93. The molecule has 0 radical (unpaired) electrons. The summed E-state index contributed by atoms with van der Waals surface area (Å²) in [6, 6.07) is 12.6. The molecule has 0 saturated carbocycles. The number of aromatic nitrogens is 2. The maximum Gasteiger partial charge on any atom is 0.284 e. The van der Waals surface area contributed by atoms with Crippen LogP contribution < -0.4 is 5.32 Å². The van der Waals surface area contributed by atoms with Crippen molar-refractivity contribution in [2.24, 2.45) is 0 Å². The Bertz CT molecular complexity index is 850. The monoisotopic (exact) mass is 340 g/mol. The summed E-state index contributed by atoms with van der Waals surface area (Å²) in [5, 5.41) is 19.4. The number of rotatable bonds is 6. The summed E-state index contributed by atoms with van der Waals surface area (Å²) in [5.41, 5.74) is 1.57. The minimum Gasteiger partial charge on any atom is -0.459 e. The van der Waals surface area contributed by atoms with Crippen LogP contribution in [0.25, 0.3) is 11.7 Å². The predicted molar refractivity (Wildman–Crippen MR) is 87.1 cm³/mol. The first-order valence-electron chi connectivity index (χ1n) is 7.00.